The van der Waals surface area contributed by atoms with Crippen molar-refractivity contribution in [2.45, 2.75) is 19.8 Å². The molecule has 0 aliphatic carbocycles. The molecular formula is C16H16O3. The van der Waals surface area contributed by atoms with Crippen molar-refractivity contribution >= 4 is 5.97 Å². The van der Waals surface area contributed by atoms with Gasteiger partial charge in [-0.25, -0.2) is 4.79 Å². The molecule has 0 radical (unpaired) electrons. The third-order valence-corrected chi connectivity index (χ3v) is 3.40. The van der Waals surface area contributed by atoms with E-state index in [0.717, 1.165) is 11.1 Å². The van der Waals surface area contributed by atoms with E-state index in [2.05, 4.69) is 0 Å². The Morgan fingerprint density at radius 2 is 1.74 bits per heavy atom. The van der Waals surface area contributed by atoms with Crippen molar-refractivity contribution in [2.24, 2.45) is 0 Å². The number of carboxylic acids is 1. The second kappa shape index (κ2) is 5.14. The fourth-order valence-electron chi connectivity index (χ4n) is 2.34. The van der Waals surface area contributed by atoms with Crippen LogP contribution in [-0.4, -0.2) is 16.2 Å². The highest BCUT2D eigenvalue weighted by molar-refractivity contribution is 5.91. The first-order chi connectivity index (χ1) is 9.02. The Kier molecular flexibility index (Phi) is 3.56. The minimum Gasteiger partial charge on any atom is -0.507 e. The lowest BCUT2D eigenvalue weighted by atomic mass is 9.88. The Morgan fingerprint density at radius 1 is 1.11 bits per heavy atom. The molecule has 0 bridgehead atoms. The number of rotatable bonds is 3. The number of carbonyl (C=O) groups is 1. The van der Waals surface area contributed by atoms with Crippen LogP contribution in [0.2, 0.25) is 0 Å². The van der Waals surface area contributed by atoms with E-state index in [9.17, 15) is 9.90 Å². The van der Waals surface area contributed by atoms with E-state index < -0.39 is 5.97 Å². The molecule has 2 aromatic carbocycles. The fourth-order valence-corrected chi connectivity index (χ4v) is 2.34. The Hall–Kier alpha value is -2.29. The van der Waals surface area contributed by atoms with E-state index in [1.165, 1.54) is 6.07 Å². The van der Waals surface area contributed by atoms with Gasteiger partial charge in [-0.2, -0.15) is 0 Å². The zero-order valence-electron chi connectivity index (χ0n) is 10.9. The molecule has 2 N–H and O–H groups in total. The summed E-state index contributed by atoms with van der Waals surface area (Å²) in [6, 6.07) is 12.9. The number of carboxylic acid groups (broad SMARTS) is 1. The van der Waals surface area contributed by atoms with Crippen LogP contribution in [0.15, 0.2) is 42.5 Å². The van der Waals surface area contributed by atoms with Crippen molar-refractivity contribution < 1.29 is 15.0 Å². The standard InChI is InChI=1S/C16H16O3/c1-10-8-9-13(16(18)19)15(17)14(10)11(2)12-6-4-3-5-7-12/h3-9,11,17H,1-2H3,(H,18,19). The normalized spacial score (nSPS) is 12.1. The molecule has 0 aliphatic rings. The second-order valence-corrected chi connectivity index (χ2v) is 4.63. The molecule has 2 rings (SSSR count). The summed E-state index contributed by atoms with van der Waals surface area (Å²) in [6.45, 7) is 3.84. The van der Waals surface area contributed by atoms with Gasteiger partial charge < -0.3 is 10.2 Å². The molecule has 2 aromatic rings. The minimum absolute atomic E-state index is 0.0524. The van der Waals surface area contributed by atoms with Gasteiger partial charge in [0.15, 0.2) is 0 Å². The molecule has 1 atom stereocenters. The highest BCUT2D eigenvalue weighted by Gasteiger charge is 2.20. The molecular weight excluding hydrogens is 240 g/mol. The molecule has 0 aliphatic heterocycles. The predicted molar refractivity (Wildman–Crippen MR) is 73.8 cm³/mol. The molecule has 0 spiro atoms. The van der Waals surface area contributed by atoms with Gasteiger partial charge in [-0.3, -0.25) is 0 Å². The van der Waals surface area contributed by atoms with Gasteiger partial charge in [-0.1, -0.05) is 43.3 Å². The number of aryl methyl sites for hydroxylation is 1. The fraction of sp³-hybridized carbons (Fsp3) is 0.188. The maximum absolute atomic E-state index is 11.1. The monoisotopic (exact) mass is 256 g/mol. The Bertz CT molecular complexity index is 603. The number of phenols is 1. The van der Waals surface area contributed by atoms with Crippen molar-refractivity contribution in [3.63, 3.8) is 0 Å². The summed E-state index contributed by atoms with van der Waals surface area (Å²) < 4.78 is 0. The van der Waals surface area contributed by atoms with E-state index >= 15 is 0 Å². The van der Waals surface area contributed by atoms with Crippen molar-refractivity contribution in [2.75, 3.05) is 0 Å². The molecule has 0 amide bonds. The maximum atomic E-state index is 11.1. The predicted octanol–water partition coefficient (Wildman–Crippen LogP) is 3.55. The van der Waals surface area contributed by atoms with Crippen molar-refractivity contribution in [3.8, 4) is 5.75 Å². The third-order valence-electron chi connectivity index (χ3n) is 3.40. The lowest BCUT2D eigenvalue weighted by Crippen LogP contribution is -2.04. The lowest BCUT2D eigenvalue weighted by Gasteiger charge is -2.18. The minimum atomic E-state index is -1.11. The molecule has 0 aromatic heterocycles. The largest absolute Gasteiger partial charge is 0.507 e. The van der Waals surface area contributed by atoms with Crippen LogP contribution >= 0.6 is 0 Å². The number of hydrogen-bond acceptors (Lipinski definition) is 2. The summed E-state index contributed by atoms with van der Waals surface area (Å²) in [6.07, 6.45) is 0. The van der Waals surface area contributed by atoms with Crippen LogP contribution in [0.3, 0.4) is 0 Å². The van der Waals surface area contributed by atoms with Crippen LogP contribution in [0, 0.1) is 6.92 Å². The summed E-state index contributed by atoms with van der Waals surface area (Å²) in [7, 11) is 0. The zero-order valence-corrected chi connectivity index (χ0v) is 10.9. The van der Waals surface area contributed by atoms with Crippen LogP contribution in [0.25, 0.3) is 0 Å². The third kappa shape index (κ3) is 2.45. The first-order valence-corrected chi connectivity index (χ1v) is 6.13. The van der Waals surface area contributed by atoms with Gasteiger partial charge in [0.2, 0.25) is 0 Å². The number of aromatic hydroxyl groups is 1. The van der Waals surface area contributed by atoms with Crippen LogP contribution < -0.4 is 0 Å². The summed E-state index contributed by atoms with van der Waals surface area (Å²) in [5.74, 6) is -1.30. The topological polar surface area (TPSA) is 57.5 Å². The first kappa shape index (κ1) is 13.1. The number of aromatic carboxylic acids is 1. The van der Waals surface area contributed by atoms with Crippen LogP contribution in [0.1, 0.15) is 39.9 Å². The van der Waals surface area contributed by atoms with E-state index in [1.54, 1.807) is 6.07 Å². The lowest BCUT2D eigenvalue weighted by molar-refractivity contribution is 0.0693. The number of hydrogen-bond donors (Lipinski definition) is 2. The maximum Gasteiger partial charge on any atom is 0.339 e. The van der Waals surface area contributed by atoms with Gasteiger partial charge in [-0.05, 0) is 24.1 Å². The summed E-state index contributed by atoms with van der Waals surface area (Å²) in [4.78, 5) is 11.1. The smallest absolute Gasteiger partial charge is 0.339 e. The molecule has 3 heteroatoms. The molecule has 3 nitrogen and oxygen atoms in total. The SMILES string of the molecule is Cc1ccc(C(=O)O)c(O)c1C(C)c1ccccc1. The van der Waals surface area contributed by atoms with Crippen molar-refractivity contribution in [1.82, 2.24) is 0 Å². The average molecular weight is 256 g/mol. The molecule has 1 unspecified atom stereocenters. The molecule has 0 heterocycles. The van der Waals surface area contributed by atoms with Crippen LogP contribution in [0.5, 0.6) is 5.75 Å². The molecule has 0 saturated heterocycles. The summed E-state index contributed by atoms with van der Waals surface area (Å²) >= 11 is 0. The highest BCUT2D eigenvalue weighted by atomic mass is 16.4. The van der Waals surface area contributed by atoms with Crippen LogP contribution in [0.4, 0.5) is 0 Å². The Morgan fingerprint density at radius 3 is 2.32 bits per heavy atom. The highest BCUT2D eigenvalue weighted by Crippen LogP contribution is 2.35. The molecule has 0 fully saturated rings. The van der Waals surface area contributed by atoms with Crippen LogP contribution in [-0.2, 0) is 0 Å². The quantitative estimate of drug-likeness (QED) is 0.882. The summed E-state index contributed by atoms with van der Waals surface area (Å²) in [5, 5.41) is 19.3. The average Bonchev–Trinajstić information content (AvgIpc) is 2.39. The van der Waals surface area contributed by atoms with Crippen molar-refractivity contribution in [1.29, 1.82) is 0 Å². The van der Waals surface area contributed by atoms with Gasteiger partial charge in [0.05, 0.1) is 0 Å². The van der Waals surface area contributed by atoms with Gasteiger partial charge in [0.25, 0.3) is 0 Å². The van der Waals surface area contributed by atoms with Gasteiger partial charge in [-0.15, -0.1) is 0 Å². The van der Waals surface area contributed by atoms with Gasteiger partial charge in [0.1, 0.15) is 11.3 Å². The molecule has 98 valence electrons. The van der Waals surface area contributed by atoms with E-state index in [4.69, 9.17) is 5.11 Å². The second-order valence-electron chi connectivity index (χ2n) is 4.63. The van der Waals surface area contributed by atoms with E-state index in [0.29, 0.717) is 5.56 Å². The van der Waals surface area contributed by atoms with Crippen molar-refractivity contribution in [3.05, 3.63) is 64.7 Å². The van der Waals surface area contributed by atoms with Gasteiger partial charge >= 0.3 is 5.97 Å². The number of benzene rings is 2. The van der Waals surface area contributed by atoms with Gasteiger partial charge in [0, 0.05) is 11.5 Å². The zero-order chi connectivity index (χ0) is 14.0. The Balaban J connectivity index is 2.56. The van der Waals surface area contributed by atoms with E-state index in [1.807, 2.05) is 44.2 Å². The van der Waals surface area contributed by atoms with E-state index in [-0.39, 0.29) is 17.2 Å². The first-order valence-electron chi connectivity index (χ1n) is 6.13. The Labute approximate surface area is 112 Å². The summed E-state index contributed by atoms with van der Waals surface area (Å²) in [5.41, 5.74) is 2.55. The molecule has 19 heavy (non-hydrogen) atoms. The molecule has 0 saturated carbocycles.